The van der Waals surface area contributed by atoms with Gasteiger partial charge in [-0.1, -0.05) is 30.3 Å². The molecule has 0 spiro atoms. The lowest BCUT2D eigenvalue weighted by atomic mass is 10.1. The molecule has 6 heteroatoms. The average Bonchev–Trinajstić information content (AvgIpc) is 3.05. The number of allylic oxidation sites excluding steroid dienone is 2. The molecule has 0 bridgehead atoms. The van der Waals surface area contributed by atoms with Crippen LogP contribution in [0.15, 0.2) is 52.3 Å². The first-order valence-electron chi connectivity index (χ1n) is 8.60. The van der Waals surface area contributed by atoms with E-state index >= 15 is 0 Å². The van der Waals surface area contributed by atoms with Crippen molar-refractivity contribution in [2.24, 2.45) is 5.10 Å². The standard InChI is InChI=1S/C19H24N4OS/c1-20-19(25)22-21-14-17-8-7-16(13-15-5-3-2-4-6-15)18(17)23-9-11-24-12-10-23/h2-6,13-14H,7-12H2,1H3,(H2,20,22,25). The molecular formula is C19H24N4OS. The molecule has 1 aliphatic carbocycles. The number of hydrazone groups is 1. The summed E-state index contributed by atoms with van der Waals surface area (Å²) >= 11 is 5.07. The second-order valence-corrected chi connectivity index (χ2v) is 6.41. The molecule has 132 valence electrons. The molecule has 0 unspecified atom stereocenters. The Labute approximate surface area is 154 Å². The molecule has 1 saturated heterocycles. The predicted molar refractivity (Wildman–Crippen MR) is 106 cm³/mol. The normalized spacial score (nSPS) is 19.7. The second kappa shape index (κ2) is 8.78. The van der Waals surface area contributed by atoms with Gasteiger partial charge in [0.2, 0.25) is 0 Å². The monoisotopic (exact) mass is 356 g/mol. The molecular weight excluding hydrogens is 332 g/mol. The van der Waals surface area contributed by atoms with Crippen LogP contribution >= 0.6 is 12.2 Å². The Balaban J connectivity index is 1.87. The zero-order valence-corrected chi connectivity index (χ0v) is 15.3. The van der Waals surface area contributed by atoms with E-state index in [1.807, 2.05) is 12.3 Å². The fraction of sp³-hybridized carbons (Fsp3) is 0.368. The Morgan fingerprint density at radius 3 is 2.68 bits per heavy atom. The SMILES string of the molecule is CNC(=S)NN=CC1=C(N2CCOCC2)C(=Cc2ccccc2)CC1. The number of benzene rings is 1. The Hall–Kier alpha value is -2.18. The molecule has 5 nitrogen and oxygen atoms in total. The van der Waals surface area contributed by atoms with Crippen molar-refractivity contribution in [2.75, 3.05) is 33.4 Å². The van der Waals surface area contributed by atoms with Crippen LogP contribution in [-0.2, 0) is 4.74 Å². The van der Waals surface area contributed by atoms with Crippen molar-refractivity contribution in [3.8, 4) is 0 Å². The van der Waals surface area contributed by atoms with Crippen LogP contribution in [0.2, 0.25) is 0 Å². The van der Waals surface area contributed by atoms with Crippen molar-refractivity contribution in [3.63, 3.8) is 0 Å². The van der Waals surface area contributed by atoms with Gasteiger partial charge in [-0.25, -0.2) is 0 Å². The molecule has 1 fully saturated rings. The van der Waals surface area contributed by atoms with Crippen molar-refractivity contribution >= 4 is 29.6 Å². The molecule has 1 aliphatic heterocycles. The summed E-state index contributed by atoms with van der Waals surface area (Å²) < 4.78 is 5.52. The smallest absolute Gasteiger partial charge is 0.186 e. The van der Waals surface area contributed by atoms with Crippen LogP contribution < -0.4 is 10.7 Å². The van der Waals surface area contributed by atoms with Crippen LogP contribution in [0.4, 0.5) is 0 Å². The molecule has 0 aromatic heterocycles. The van der Waals surface area contributed by atoms with Gasteiger partial charge in [-0.15, -0.1) is 0 Å². The minimum Gasteiger partial charge on any atom is -0.378 e. The van der Waals surface area contributed by atoms with E-state index in [-0.39, 0.29) is 0 Å². The Kier molecular flexibility index (Phi) is 6.19. The first kappa shape index (κ1) is 17.6. The highest BCUT2D eigenvalue weighted by atomic mass is 32.1. The molecule has 3 rings (SSSR count). The zero-order chi connectivity index (χ0) is 17.5. The van der Waals surface area contributed by atoms with Crippen LogP contribution in [0.25, 0.3) is 6.08 Å². The number of nitrogens with zero attached hydrogens (tertiary/aromatic N) is 2. The van der Waals surface area contributed by atoms with Gasteiger partial charge in [0.05, 0.1) is 19.4 Å². The fourth-order valence-corrected chi connectivity index (χ4v) is 3.20. The number of morpholine rings is 1. The predicted octanol–water partition coefficient (Wildman–Crippen LogP) is 2.53. The van der Waals surface area contributed by atoms with Crippen LogP contribution in [0.5, 0.6) is 0 Å². The maximum absolute atomic E-state index is 5.52. The van der Waals surface area contributed by atoms with E-state index in [1.54, 1.807) is 7.05 Å². The largest absolute Gasteiger partial charge is 0.378 e. The van der Waals surface area contributed by atoms with Gasteiger partial charge in [0, 0.05) is 25.8 Å². The van der Waals surface area contributed by atoms with Gasteiger partial charge in [-0.3, -0.25) is 5.43 Å². The Morgan fingerprint density at radius 2 is 1.96 bits per heavy atom. The average molecular weight is 356 g/mol. The molecule has 0 atom stereocenters. The highest BCUT2D eigenvalue weighted by Crippen LogP contribution is 2.34. The van der Waals surface area contributed by atoms with Gasteiger partial charge in [0.1, 0.15) is 0 Å². The van der Waals surface area contributed by atoms with Crippen LogP contribution in [0, 0.1) is 0 Å². The molecule has 1 heterocycles. The van der Waals surface area contributed by atoms with Crippen molar-refractivity contribution in [1.82, 2.24) is 15.6 Å². The van der Waals surface area contributed by atoms with Gasteiger partial charge in [0.15, 0.2) is 5.11 Å². The lowest BCUT2D eigenvalue weighted by Gasteiger charge is -2.31. The summed E-state index contributed by atoms with van der Waals surface area (Å²) in [6.45, 7) is 3.38. The summed E-state index contributed by atoms with van der Waals surface area (Å²) in [6.07, 6.45) is 6.21. The van der Waals surface area contributed by atoms with Gasteiger partial charge < -0.3 is 15.0 Å². The topological polar surface area (TPSA) is 48.9 Å². The molecule has 0 saturated carbocycles. The minimum atomic E-state index is 0.517. The molecule has 2 N–H and O–H groups in total. The summed E-state index contributed by atoms with van der Waals surface area (Å²) in [4.78, 5) is 2.42. The highest BCUT2D eigenvalue weighted by molar-refractivity contribution is 7.80. The number of rotatable bonds is 4. The lowest BCUT2D eigenvalue weighted by Crippen LogP contribution is -2.36. The van der Waals surface area contributed by atoms with E-state index in [0.717, 1.165) is 39.1 Å². The third kappa shape index (κ3) is 4.67. The zero-order valence-electron chi connectivity index (χ0n) is 14.5. The van der Waals surface area contributed by atoms with Crippen molar-refractivity contribution < 1.29 is 4.74 Å². The van der Waals surface area contributed by atoms with E-state index in [0.29, 0.717) is 5.11 Å². The van der Waals surface area contributed by atoms with Gasteiger partial charge in [-0.05, 0) is 47.8 Å². The van der Waals surface area contributed by atoms with Crippen LogP contribution in [0.1, 0.15) is 18.4 Å². The molecule has 1 aromatic rings. The number of ether oxygens (including phenoxy) is 1. The van der Waals surface area contributed by atoms with E-state index < -0.39 is 0 Å². The first-order valence-corrected chi connectivity index (χ1v) is 9.01. The maximum atomic E-state index is 5.52. The summed E-state index contributed by atoms with van der Waals surface area (Å²) in [6, 6.07) is 10.5. The van der Waals surface area contributed by atoms with Gasteiger partial charge in [-0.2, -0.15) is 5.10 Å². The number of nitrogens with one attached hydrogen (secondary N) is 2. The van der Waals surface area contributed by atoms with E-state index in [1.165, 1.54) is 22.4 Å². The van der Waals surface area contributed by atoms with Gasteiger partial charge >= 0.3 is 0 Å². The molecule has 1 aromatic carbocycles. The summed E-state index contributed by atoms with van der Waals surface area (Å²) in [5, 5.41) is 7.66. The van der Waals surface area contributed by atoms with E-state index in [2.05, 4.69) is 51.1 Å². The third-order valence-electron chi connectivity index (χ3n) is 4.35. The molecule has 0 amide bonds. The van der Waals surface area contributed by atoms with Crippen molar-refractivity contribution in [3.05, 3.63) is 52.7 Å². The second-order valence-electron chi connectivity index (χ2n) is 6.00. The quantitative estimate of drug-likeness (QED) is 0.493. The molecule has 0 radical (unpaired) electrons. The number of hydrogen-bond acceptors (Lipinski definition) is 4. The maximum Gasteiger partial charge on any atom is 0.186 e. The van der Waals surface area contributed by atoms with Crippen LogP contribution in [0.3, 0.4) is 0 Å². The van der Waals surface area contributed by atoms with Crippen molar-refractivity contribution in [2.45, 2.75) is 12.8 Å². The third-order valence-corrected chi connectivity index (χ3v) is 4.65. The van der Waals surface area contributed by atoms with E-state index in [4.69, 9.17) is 17.0 Å². The lowest BCUT2D eigenvalue weighted by molar-refractivity contribution is 0.0548. The molecule has 2 aliphatic rings. The minimum absolute atomic E-state index is 0.517. The Morgan fingerprint density at radius 1 is 1.20 bits per heavy atom. The Bertz CT molecular complexity index is 691. The number of thiocarbonyl (C=S) groups is 1. The summed E-state index contributed by atoms with van der Waals surface area (Å²) in [5.74, 6) is 0. The first-order chi connectivity index (χ1) is 12.3. The fourth-order valence-electron chi connectivity index (χ4n) is 3.15. The summed E-state index contributed by atoms with van der Waals surface area (Å²) in [7, 11) is 1.78. The number of hydrogen-bond donors (Lipinski definition) is 2. The molecule has 25 heavy (non-hydrogen) atoms. The highest BCUT2D eigenvalue weighted by Gasteiger charge is 2.25. The summed E-state index contributed by atoms with van der Waals surface area (Å²) in [5.41, 5.74) is 7.98. The van der Waals surface area contributed by atoms with Gasteiger partial charge in [0.25, 0.3) is 0 Å². The van der Waals surface area contributed by atoms with Crippen LogP contribution in [-0.4, -0.2) is 49.6 Å². The van der Waals surface area contributed by atoms with Crippen molar-refractivity contribution in [1.29, 1.82) is 0 Å². The van der Waals surface area contributed by atoms with E-state index in [9.17, 15) is 0 Å².